The van der Waals surface area contributed by atoms with E-state index in [1.807, 2.05) is 18.2 Å². The van der Waals surface area contributed by atoms with Crippen LogP contribution in [0, 0.1) is 0 Å². The fraction of sp³-hybridized carbons (Fsp3) is 0.0588. The molecule has 0 unspecified atom stereocenters. The van der Waals surface area contributed by atoms with Crippen LogP contribution in [-0.4, -0.2) is 0 Å². The SMILES string of the molecule is c1ccc(-c2ccc(Cc3ccco3)cc2)cc1. The summed E-state index contributed by atoms with van der Waals surface area (Å²) in [5, 5.41) is 0. The fourth-order valence-corrected chi connectivity index (χ4v) is 2.06. The maximum Gasteiger partial charge on any atom is 0.108 e. The van der Waals surface area contributed by atoms with Gasteiger partial charge in [-0.25, -0.2) is 0 Å². The highest BCUT2D eigenvalue weighted by atomic mass is 16.3. The summed E-state index contributed by atoms with van der Waals surface area (Å²) in [5.41, 5.74) is 3.77. The molecular weight excluding hydrogens is 220 g/mol. The van der Waals surface area contributed by atoms with Crippen LogP contribution in [0.3, 0.4) is 0 Å². The van der Waals surface area contributed by atoms with Crippen LogP contribution in [0.4, 0.5) is 0 Å². The van der Waals surface area contributed by atoms with E-state index in [0.29, 0.717) is 0 Å². The zero-order valence-electron chi connectivity index (χ0n) is 10.0. The van der Waals surface area contributed by atoms with Gasteiger partial charge >= 0.3 is 0 Å². The molecule has 18 heavy (non-hydrogen) atoms. The van der Waals surface area contributed by atoms with Gasteiger partial charge in [0, 0.05) is 6.42 Å². The van der Waals surface area contributed by atoms with Gasteiger partial charge in [-0.2, -0.15) is 0 Å². The van der Waals surface area contributed by atoms with Gasteiger partial charge in [0.05, 0.1) is 6.26 Å². The predicted octanol–water partition coefficient (Wildman–Crippen LogP) is 4.54. The Hall–Kier alpha value is -2.28. The van der Waals surface area contributed by atoms with Gasteiger partial charge in [0.1, 0.15) is 5.76 Å². The summed E-state index contributed by atoms with van der Waals surface area (Å²) in [7, 11) is 0. The second kappa shape index (κ2) is 4.92. The van der Waals surface area contributed by atoms with Crippen LogP contribution in [0.25, 0.3) is 11.1 Å². The summed E-state index contributed by atoms with van der Waals surface area (Å²) in [4.78, 5) is 0. The molecule has 0 saturated carbocycles. The molecule has 1 heterocycles. The van der Waals surface area contributed by atoms with E-state index in [2.05, 4.69) is 48.5 Å². The second-order valence-corrected chi connectivity index (χ2v) is 4.32. The summed E-state index contributed by atoms with van der Waals surface area (Å²) in [5.74, 6) is 1.00. The topological polar surface area (TPSA) is 13.1 Å². The van der Waals surface area contributed by atoms with Gasteiger partial charge in [0.15, 0.2) is 0 Å². The van der Waals surface area contributed by atoms with Crippen LogP contribution in [-0.2, 0) is 6.42 Å². The molecule has 0 spiro atoms. The molecule has 1 heteroatoms. The molecule has 0 aliphatic carbocycles. The minimum Gasteiger partial charge on any atom is -0.469 e. The van der Waals surface area contributed by atoms with Crippen molar-refractivity contribution in [3.8, 4) is 11.1 Å². The first kappa shape index (κ1) is 10.8. The number of rotatable bonds is 3. The monoisotopic (exact) mass is 234 g/mol. The van der Waals surface area contributed by atoms with Gasteiger partial charge in [0.25, 0.3) is 0 Å². The van der Waals surface area contributed by atoms with Crippen molar-refractivity contribution in [2.24, 2.45) is 0 Å². The van der Waals surface area contributed by atoms with Crippen molar-refractivity contribution in [3.63, 3.8) is 0 Å². The van der Waals surface area contributed by atoms with Gasteiger partial charge in [0.2, 0.25) is 0 Å². The average Bonchev–Trinajstić information content (AvgIpc) is 2.94. The molecule has 0 aliphatic heterocycles. The number of hydrogen-bond donors (Lipinski definition) is 0. The normalized spacial score (nSPS) is 10.4. The summed E-state index contributed by atoms with van der Waals surface area (Å²) < 4.78 is 5.35. The van der Waals surface area contributed by atoms with Crippen molar-refractivity contribution in [1.29, 1.82) is 0 Å². The van der Waals surface area contributed by atoms with E-state index in [1.54, 1.807) is 6.26 Å². The lowest BCUT2D eigenvalue weighted by molar-refractivity contribution is 0.521. The van der Waals surface area contributed by atoms with E-state index in [0.717, 1.165) is 12.2 Å². The van der Waals surface area contributed by atoms with Crippen molar-refractivity contribution in [1.82, 2.24) is 0 Å². The molecule has 0 amide bonds. The van der Waals surface area contributed by atoms with Crippen molar-refractivity contribution >= 4 is 0 Å². The van der Waals surface area contributed by atoms with Crippen LogP contribution in [0.15, 0.2) is 77.4 Å². The predicted molar refractivity (Wildman–Crippen MR) is 73.4 cm³/mol. The molecule has 1 aromatic heterocycles. The molecule has 0 N–H and O–H groups in total. The lowest BCUT2D eigenvalue weighted by Gasteiger charge is -2.03. The number of hydrogen-bond acceptors (Lipinski definition) is 1. The van der Waals surface area contributed by atoms with Crippen molar-refractivity contribution < 1.29 is 4.42 Å². The maximum atomic E-state index is 5.35. The fourth-order valence-electron chi connectivity index (χ4n) is 2.06. The minimum atomic E-state index is 0.849. The molecule has 0 radical (unpaired) electrons. The van der Waals surface area contributed by atoms with Crippen LogP contribution >= 0.6 is 0 Å². The Kier molecular flexibility index (Phi) is 2.97. The standard InChI is InChI=1S/C17H14O/c1-2-5-15(6-3-1)16-10-8-14(9-11-16)13-17-7-4-12-18-17/h1-12H,13H2. The minimum absolute atomic E-state index is 0.849. The van der Waals surface area contributed by atoms with Crippen molar-refractivity contribution in [2.45, 2.75) is 6.42 Å². The second-order valence-electron chi connectivity index (χ2n) is 4.32. The highest BCUT2D eigenvalue weighted by Crippen LogP contribution is 2.20. The quantitative estimate of drug-likeness (QED) is 0.648. The third kappa shape index (κ3) is 2.35. The molecular formula is C17H14O. The first-order chi connectivity index (χ1) is 8.92. The molecule has 2 aromatic carbocycles. The van der Waals surface area contributed by atoms with Gasteiger partial charge < -0.3 is 4.42 Å². The largest absolute Gasteiger partial charge is 0.469 e. The third-order valence-corrected chi connectivity index (χ3v) is 3.02. The highest BCUT2D eigenvalue weighted by molar-refractivity contribution is 5.63. The van der Waals surface area contributed by atoms with Gasteiger partial charge in [-0.1, -0.05) is 54.6 Å². The molecule has 0 saturated heterocycles. The Morgan fingerprint density at radius 2 is 1.39 bits per heavy atom. The molecule has 0 atom stereocenters. The van der Waals surface area contributed by atoms with Gasteiger partial charge in [-0.3, -0.25) is 0 Å². The molecule has 0 fully saturated rings. The Balaban J connectivity index is 1.81. The van der Waals surface area contributed by atoms with Crippen LogP contribution in [0.5, 0.6) is 0 Å². The Bertz CT molecular complexity index is 592. The van der Waals surface area contributed by atoms with Crippen molar-refractivity contribution in [2.75, 3.05) is 0 Å². The van der Waals surface area contributed by atoms with Crippen LogP contribution < -0.4 is 0 Å². The Morgan fingerprint density at radius 1 is 0.667 bits per heavy atom. The molecule has 3 aromatic rings. The van der Waals surface area contributed by atoms with Gasteiger partial charge in [-0.15, -0.1) is 0 Å². The van der Waals surface area contributed by atoms with E-state index in [9.17, 15) is 0 Å². The lowest BCUT2D eigenvalue weighted by Crippen LogP contribution is -1.85. The molecule has 0 bridgehead atoms. The molecule has 0 aliphatic rings. The Labute approximate surface area is 107 Å². The van der Waals surface area contributed by atoms with E-state index in [-0.39, 0.29) is 0 Å². The lowest BCUT2D eigenvalue weighted by atomic mass is 10.0. The van der Waals surface area contributed by atoms with Crippen LogP contribution in [0.2, 0.25) is 0 Å². The first-order valence-electron chi connectivity index (χ1n) is 6.08. The average molecular weight is 234 g/mol. The van der Waals surface area contributed by atoms with Crippen LogP contribution in [0.1, 0.15) is 11.3 Å². The summed E-state index contributed by atoms with van der Waals surface area (Å²) >= 11 is 0. The summed E-state index contributed by atoms with van der Waals surface area (Å²) in [6.07, 6.45) is 2.57. The summed E-state index contributed by atoms with van der Waals surface area (Å²) in [6.45, 7) is 0. The maximum absolute atomic E-state index is 5.35. The smallest absolute Gasteiger partial charge is 0.108 e. The molecule has 1 nitrogen and oxygen atoms in total. The van der Waals surface area contributed by atoms with E-state index in [4.69, 9.17) is 4.42 Å². The highest BCUT2D eigenvalue weighted by Gasteiger charge is 2.00. The van der Waals surface area contributed by atoms with E-state index >= 15 is 0 Å². The third-order valence-electron chi connectivity index (χ3n) is 3.02. The molecule has 3 rings (SSSR count). The zero-order chi connectivity index (χ0) is 12.2. The summed E-state index contributed by atoms with van der Waals surface area (Å²) in [6, 6.07) is 23.0. The molecule has 88 valence electrons. The van der Waals surface area contributed by atoms with E-state index in [1.165, 1.54) is 16.7 Å². The Morgan fingerprint density at radius 3 is 2.06 bits per heavy atom. The van der Waals surface area contributed by atoms with Gasteiger partial charge in [-0.05, 0) is 28.8 Å². The van der Waals surface area contributed by atoms with Crippen molar-refractivity contribution in [3.05, 3.63) is 84.3 Å². The number of furan rings is 1. The zero-order valence-corrected chi connectivity index (χ0v) is 10.0. The van der Waals surface area contributed by atoms with E-state index < -0.39 is 0 Å². The number of benzene rings is 2. The first-order valence-corrected chi connectivity index (χ1v) is 6.08.